The Bertz CT molecular complexity index is 1210. The van der Waals surface area contributed by atoms with Gasteiger partial charge in [-0.15, -0.1) is 0 Å². The quantitative estimate of drug-likeness (QED) is 0.153. The van der Waals surface area contributed by atoms with Crippen LogP contribution < -0.4 is 15.5 Å². The topological polar surface area (TPSA) is 117 Å². The number of aryl methyl sites for hydroxylation is 1. The molecule has 0 spiro atoms. The summed E-state index contributed by atoms with van der Waals surface area (Å²) in [6.07, 6.45) is 2.74. The molecule has 1 aliphatic carbocycles. The van der Waals surface area contributed by atoms with Gasteiger partial charge in [0.25, 0.3) is 0 Å². The molecule has 0 bridgehead atoms. The summed E-state index contributed by atoms with van der Waals surface area (Å²) in [6.45, 7) is 13.9. The van der Waals surface area contributed by atoms with Crippen molar-refractivity contribution >= 4 is 35.0 Å². The maximum absolute atomic E-state index is 13.1. The first kappa shape index (κ1) is 34.9. The second-order valence-electron chi connectivity index (χ2n) is 12.8. The number of nitrogens with one attached hydrogen (secondary N) is 2. The molecule has 2 aromatic rings. The Labute approximate surface area is 262 Å². The van der Waals surface area contributed by atoms with Crippen LogP contribution in [0.4, 0.5) is 21.9 Å². The van der Waals surface area contributed by atoms with Crippen molar-refractivity contribution in [1.29, 1.82) is 0 Å². The van der Waals surface area contributed by atoms with E-state index in [0.29, 0.717) is 55.3 Å². The number of anilines is 3. The van der Waals surface area contributed by atoms with Gasteiger partial charge >= 0.3 is 18.0 Å². The van der Waals surface area contributed by atoms with E-state index in [1.807, 2.05) is 56.3 Å². The van der Waals surface area contributed by atoms with Crippen LogP contribution in [0.15, 0.2) is 42.5 Å². The third kappa shape index (κ3) is 11.2. The molecule has 1 aliphatic rings. The van der Waals surface area contributed by atoms with Crippen LogP contribution in [0.2, 0.25) is 0 Å². The van der Waals surface area contributed by atoms with Gasteiger partial charge in [-0.3, -0.25) is 9.59 Å². The van der Waals surface area contributed by atoms with Crippen LogP contribution in [0, 0.1) is 24.7 Å². The Morgan fingerprint density at radius 1 is 0.909 bits per heavy atom. The first-order valence-corrected chi connectivity index (χ1v) is 16.0. The molecule has 2 amide bonds. The number of esters is 2. The fraction of sp³-hybridized carbons (Fsp3) is 0.571. The van der Waals surface area contributed by atoms with Crippen molar-refractivity contribution in [3.63, 3.8) is 0 Å². The first-order chi connectivity index (χ1) is 20.9. The SMILES string of the molecule is CCC(CC(=O)OCOC(=O)C1CCC(O)CC1)c1ccc(N(CC(C)C)CC(C)C)c(NC(=O)Nc2ccc(C)cc2)c1. The zero-order valence-electron chi connectivity index (χ0n) is 27.2. The molecule has 3 rings (SSSR count). The minimum Gasteiger partial charge on any atom is -0.428 e. The van der Waals surface area contributed by atoms with Gasteiger partial charge < -0.3 is 30.1 Å². The van der Waals surface area contributed by atoms with E-state index in [-0.39, 0.29) is 36.4 Å². The smallest absolute Gasteiger partial charge is 0.323 e. The third-order valence-electron chi connectivity index (χ3n) is 7.92. The van der Waals surface area contributed by atoms with E-state index >= 15 is 0 Å². The number of carbonyl (C=O) groups excluding carboxylic acids is 3. The van der Waals surface area contributed by atoms with Gasteiger partial charge in [-0.2, -0.15) is 0 Å². The van der Waals surface area contributed by atoms with Crippen LogP contribution >= 0.6 is 0 Å². The second kappa shape index (κ2) is 17.0. The molecule has 242 valence electrons. The van der Waals surface area contributed by atoms with E-state index in [4.69, 9.17) is 9.47 Å². The fourth-order valence-electron chi connectivity index (χ4n) is 5.60. The van der Waals surface area contributed by atoms with Crippen LogP contribution in [-0.4, -0.2) is 49.1 Å². The summed E-state index contributed by atoms with van der Waals surface area (Å²) in [6, 6.07) is 13.3. The lowest BCUT2D eigenvalue weighted by atomic mass is 9.88. The summed E-state index contributed by atoms with van der Waals surface area (Å²) in [7, 11) is 0. The van der Waals surface area contributed by atoms with E-state index in [1.165, 1.54) is 0 Å². The van der Waals surface area contributed by atoms with Gasteiger partial charge in [-0.05, 0) is 86.6 Å². The molecule has 44 heavy (non-hydrogen) atoms. The highest BCUT2D eigenvalue weighted by Gasteiger charge is 2.27. The van der Waals surface area contributed by atoms with Crippen LogP contribution in [0.1, 0.15) is 90.2 Å². The molecule has 0 aliphatic heterocycles. The number of rotatable bonds is 14. The van der Waals surface area contributed by atoms with Crippen LogP contribution in [-0.2, 0) is 19.1 Å². The highest BCUT2D eigenvalue weighted by molar-refractivity contribution is 6.02. The maximum Gasteiger partial charge on any atom is 0.323 e. The minimum atomic E-state index is -0.458. The van der Waals surface area contributed by atoms with Gasteiger partial charge in [0.1, 0.15) is 0 Å². The largest absolute Gasteiger partial charge is 0.428 e. The zero-order valence-corrected chi connectivity index (χ0v) is 27.2. The van der Waals surface area contributed by atoms with E-state index in [0.717, 1.165) is 29.9 Å². The predicted octanol–water partition coefficient (Wildman–Crippen LogP) is 7.24. The molecule has 0 heterocycles. The van der Waals surface area contributed by atoms with E-state index < -0.39 is 12.8 Å². The summed E-state index contributed by atoms with van der Waals surface area (Å²) < 4.78 is 10.5. The average molecular weight is 610 g/mol. The molecule has 0 radical (unpaired) electrons. The van der Waals surface area contributed by atoms with Crippen LogP contribution in [0.25, 0.3) is 0 Å². The molecule has 3 N–H and O–H groups in total. The Morgan fingerprint density at radius 3 is 2.14 bits per heavy atom. The van der Waals surface area contributed by atoms with Gasteiger partial charge in [0.05, 0.1) is 29.8 Å². The first-order valence-electron chi connectivity index (χ1n) is 16.0. The molecule has 0 aromatic heterocycles. The fourth-order valence-corrected chi connectivity index (χ4v) is 5.60. The number of carbonyl (C=O) groups is 3. The zero-order chi connectivity index (χ0) is 32.2. The van der Waals surface area contributed by atoms with Gasteiger partial charge in [0.2, 0.25) is 6.79 Å². The molecule has 2 aromatic carbocycles. The van der Waals surface area contributed by atoms with Gasteiger partial charge in [-0.1, -0.05) is 58.4 Å². The Morgan fingerprint density at radius 2 is 1.55 bits per heavy atom. The molecule has 1 saturated carbocycles. The van der Waals surface area contributed by atoms with Gasteiger partial charge in [0, 0.05) is 18.8 Å². The molecular formula is C35H51N3O6. The van der Waals surface area contributed by atoms with Crippen molar-refractivity contribution in [2.75, 3.05) is 35.4 Å². The number of amides is 2. The van der Waals surface area contributed by atoms with E-state index in [1.54, 1.807) is 0 Å². The Hall–Kier alpha value is -3.59. The lowest BCUT2D eigenvalue weighted by Gasteiger charge is -2.31. The average Bonchev–Trinajstić information content (AvgIpc) is 2.96. The summed E-state index contributed by atoms with van der Waals surface area (Å²) in [5, 5.41) is 15.6. The van der Waals surface area contributed by atoms with Crippen molar-refractivity contribution in [2.45, 2.75) is 92.1 Å². The number of hydrogen-bond donors (Lipinski definition) is 3. The number of ether oxygens (including phenoxy) is 2. The van der Waals surface area contributed by atoms with E-state index in [9.17, 15) is 19.5 Å². The number of aliphatic hydroxyl groups is 1. The normalized spacial score (nSPS) is 17.2. The molecule has 0 saturated heterocycles. The Kier molecular flexibility index (Phi) is 13.5. The number of nitrogens with zero attached hydrogens (tertiary/aromatic N) is 1. The van der Waals surface area contributed by atoms with Crippen LogP contribution in [0.3, 0.4) is 0 Å². The Balaban J connectivity index is 1.73. The highest BCUT2D eigenvalue weighted by Crippen LogP contribution is 2.34. The van der Waals surface area contributed by atoms with Gasteiger partial charge in [0.15, 0.2) is 0 Å². The molecule has 9 heteroatoms. The summed E-state index contributed by atoms with van der Waals surface area (Å²) in [4.78, 5) is 40.5. The summed E-state index contributed by atoms with van der Waals surface area (Å²) in [5.41, 5.74) is 4.31. The number of hydrogen-bond acceptors (Lipinski definition) is 7. The molecule has 1 fully saturated rings. The molecular weight excluding hydrogens is 558 g/mol. The van der Waals surface area contributed by atoms with Crippen molar-refractivity contribution in [1.82, 2.24) is 0 Å². The van der Waals surface area contributed by atoms with Crippen molar-refractivity contribution in [2.24, 2.45) is 17.8 Å². The lowest BCUT2D eigenvalue weighted by molar-refractivity contribution is -0.171. The monoisotopic (exact) mass is 609 g/mol. The maximum atomic E-state index is 13.1. The summed E-state index contributed by atoms with van der Waals surface area (Å²) in [5.74, 6) is -0.435. The van der Waals surface area contributed by atoms with Crippen molar-refractivity contribution in [3.8, 4) is 0 Å². The number of urea groups is 1. The second-order valence-corrected chi connectivity index (χ2v) is 12.8. The van der Waals surface area contributed by atoms with Crippen molar-refractivity contribution in [3.05, 3.63) is 53.6 Å². The highest BCUT2D eigenvalue weighted by atomic mass is 16.7. The third-order valence-corrected chi connectivity index (χ3v) is 7.92. The predicted molar refractivity (Wildman–Crippen MR) is 175 cm³/mol. The van der Waals surface area contributed by atoms with Crippen molar-refractivity contribution < 1.29 is 29.0 Å². The lowest BCUT2D eigenvalue weighted by Crippen LogP contribution is -2.32. The molecule has 9 nitrogen and oxygen atoms in total. The number of aliphatic hydroxyl groups excluding tert-OH is 1. The standard InChI is InChI=1S/C35H51N3O6/c1-7-26(19-33(40)43-22-44-34(41)27-10-15-30(39)16-11-27)28-12-17-32(38(20-23(2)3)21-24(4)5)31(18-28)37-35(42)36-29-13-8-25(6)9-14-29/h8-9,12-14,17-18,23-24,26-27,30,39H,7,10-11,15-16,19-22H2,1-6H3,(H2,36,37,42). The minimum absolute atomic E-state index is 0.111. The molecule has 1 atom stereocenters. The van der Waals surface area contributed by atoms with Crippen LogP contribution in [0.5, 0.6) is 0 Å². The van der Waals surface area contributed by atoms with E-state index in [2.05, 4.69) is 43.2 Å². The summed E-state index contributed by atoms with van der Waals surface area (Å²) >= 11 is 0. The molecule has 1 unspecified atom stereocenters. The number of benzene rings is 2. The van der Waals surface area contributed by atoms with Gasteiger partial charge in [-0.25, -0.2) is 4.79 Å².